The van der Waals surface area contributed by atoms with Crippen molar-refractivity contribution < 1.29 is 0 Å². The lowest BCUT2D eigenvalue weighted by Crippen LogP contribution is -2.44. The van der Waals surface area contributed by atoms with Gasteiger partial charge in [0.1, 0.15) is 0 Å². The van der Waals surface area contributed by atoms with Crippen LogP contribution in [-0.4, -0.2) is 73.0 Å². The van der Waals surface area contributed by atoms with E-state index in [9.17, 15) is 0 Å². The maximum absolute atomic E-state index is 4.46. The van der Waals surface area contributed by atoms with Gasteiger partial charge in [-0.15, -0.1) is 0 Å². The Morgan fingerprint density at radius 1 is 1.24 bits per heavy atom. The summed E-state index contributed by atoms with van der Waals surface area (Å²) in [5.74, 6) is 0. The minimum atomic E-state index is 0.372. The van der Waals surface area contributed by atoms with E-state index in [0.29, 0.717) is 6.04 Å². The summed E-state index contributed by atoms with van der Waals surface area (Å²) in [4.78, 5) is 11.8. The first kappa shape index (κ1) is 16.4. The molecule has 4 heteroatoms. The van der Waals surface area contributed by atoms with Gasteiger partial charge in [-0.1, -0.05) is 6.07 Å². The minimum Gasteiger partial charge on any atom is -0.306 e. The predicted molar refractivity (Wildman–Crippen MR) is 88.4 cm³/mol. The van der Waals surface area contributed by atoms with Gasteiger partial charge in [0.15, 0.2) is 0 Å². The van der Waals surface area contributed by atoms with Gasteiger partial charge in [-0.05, 0) is 66.1 Å². The van der Waals surface area contributed by atoms with Gasteiger partial charge < -0.3 is 9.80 Å². The third-order valence-electron chi connectivity index (χ3n) is 4.89. The number of hydrogen-bond donors (Lipinski definition) is 0. The summed E-state index contributed by atoms with van der Waals surface area (Å²) in [7, 11) is 6.69. The molecule has 118 valence electrons. The standard InChI is InChI=1S/C17H30N4/c1-15(17-7-5-6-10-18-17)20(3)13-14-21(4)16-8-11-19(2)12-9-16/h5-7,10,15-16H,8-9,11-14H2,1-4H3/t15-/m1/s1. The molecular formula is C17H30N4. The van der Waals surface area contributed by atoms with Gasteiger partial charge in [0.2, 0.25) is 0 Å². The Bertz CT molecular complexity index is 401. The maximum Gasteiger partial charge on any atom is 0.0572 e. The van der Waals surface area contributed by atoms with Crippen molar-refractivity contribution in [2.75, 3.05) is 47.3 Å². The number of nitrogens with zero attached hydrogens (tertiary/aromatic N) is 4. The van der Waals surface area contributed by atoms with Crippen molar-refractivity contribution in [3.63, 3.8) is 0 Å². The van der Waals surface area contributed by atoms with Gasteiger partial charge in [-0.25, -0.2) is 0 Å². The first-order valence-electron chi connectivity index (χ1n) is 8.08. The Kier molecular flexibility index (Phi) is 6.15. The molecule has 1 atom stereocenters. The predicted octanol–water partition coefficient (Wildman–Crippen LogP) is 2.10. The molecule has 21 heavy (non-hydrogen) atoms. The summed E-state index contributed by atoms with van der Waals surface area (Å²) in [6.45, 7) is 6.91. The Labute approximate surface area is 129 Å². The number of rotatable bonds is 6. The van der Waals surface area contributed by atoms with Gasteiger partial charge in [0.25, 0.3) is 0 Å². The highest BCUT2D eigenvalue weighted by atomic mass is 15.2. The summed E-state index contributed by atoms with van der Waals surface area (Å²) >= 11 is 0. The van der Waals surface area contributed by atoms with Crippen LogP contribution < -0.4 is 0 Å². The number of pyridine rings is 1. The van der Waals surface area contributed by atoms with E-state index in [0.717, 1.165) is 24.8 Å². The molecule has 1 fully saturated rings. The number of piperidine rings is 1. The molecular weight excluding hydrogens is 260 g/mol. The Hall–Kier alpha value is -0.970. The lowest BCUT2D eigenvalue weighted by Gasteiger charge is -2.36. The molecule has 1 aliphatic rings. The lowest BCUT2D eigenvalue weighted by atomic mass is 10.0. The van der Waals surface area contributed by atoms with Crippen molar-refractivity contribution in [3.05, 3.63) is 30.1 Å². The van der Waals surface area contributed by atoms with Crippen molar-refractivity contribution in [1.82, 2.24) is 19.7 Å². The number of hydrogen-bond acceptors (Lipinski definition) is 4. The van der Waals surface area contributed by atoms with E-state index >= 15 is 0 Å². The van der Waals surface area contributed by atoms with Crippen LogP contribution in [0.1, 0.15) is 31.5 Å². The minimum absolute atomic E-state index is 0.372. The molecule has 0 spiro atoms. The Morgan fingerprint density at radius 2 is 1.95 bits per heavy atom. The van der Waals surface area contributed by atoms with Crippen LogP contribution in [0.15, 0.2) is 24.4 Å². The fourth-order valence-corrected chi connectivity index (χ4v) is 2.98. The quantitative estimate of drug-likeness (QED) is 0.800. The van der Waals surface area contributed by atoms with Crippen molar-refractivity contribution >= 4 is 0 Å². The van der Waals surface area contributed by atoms with Crippen LogP contribution in [0.4, 0.5) is 0 Å². The van der Waals surface area contributed by atoms with Crippen LogP contribution >= 0.6 is 0 Å². The molecule has 0 radical (unpaired) electrons. The SMILES string of the molecule is C[C@H](c1ccccn1)N(C)CCN(C)C1CCN(C)CC1. The van der Waals surface area contributed by atoms with Crippen molar-refractivity contribution in [1.29, 1.82) is 0 Å². The van der Waals surface area contributed by atoms with Crippen LogP contribution in [0.2, 0.25) is 0 Å². The number of likely N-dealkylation sites (N-methyl/N-ethyl adjacent to an activating group) is 2. The van der Waals surface area contributed by atoms with Gasteiger partial charge in [0.05, 0.1) is 5.69 Å². The molecule has 0 bridgehead atoms. The van der Waals surface area contributed by atoms with Crippen molar-refractivity contribution in [3.8, 4) is 0 Å². The molecule has 2 rings (SSSR count). The average Bonchev–Trinajstić information content (AvgIpc) is 2.53. The first-order valence-corrected chi connectivity index (χ1v) is 8.08. The van der Waals surface area contributed by atoms with E-state index in [1.807, 2.05) is 12.3 Å². The van der Waals surface area contributed by atoms with Gasteiger partial charge >= 0.3 is 0 Å². The Balaban J connectivity index is 1.76. The van der Waals surface area contributed by atoms with E-state index in [2.05, 4.69) is 59.9 Å². The largest absolute Gasteiger partial charge is 0.306 e. The lowest BCUT2D eigenvalue weighted by molar-refractivity contribution is 0.126. The van der Waals surface area contributed by atoms with Gasteiger partial charge in [0, 0.05) is 31.4 Å². The molecule has 0 N–H and O–H groups in total. The summed E-state index contributed by atoms with van der Waals surface area (Å²) < 4.78 is 0. The molecule has 4 nitrogen and oxygen atoms in total. The Morgan fingerprint density at radius 3 is 2.57 bits per heavy atom. The molecule has 1 aromatic rings. The number of likely N-dealkylation sites (tertiary alicyclic amines) is 1. The van der Waals surface area contributed by atoms with E-state index in [1.165, 1.54) is 25.9 Å². The topological polar surface area (TPSA) is 22.6 Å². The second kappa shape index (κ2) is 7.87. The molecule has 0 amide bonds. The van der Waals surface area contributed by atoms with E-state index in [1.54, 1.807) is 0 Å². The number of aromatic nitrogens is 1. The second-order valence-corrected chi connectivity index (χ2v) is 6.43. The third kappa shape index (κ3) is 4.77. The highest BCUT2D eigenvalue weighted by Gasteiger charge is 2.21. The second-order valence-electron chi connectivity index (χ2n) is 6.43. The molecule has 1 saturated heterocycles. The summed E-state index contributed by atoms with van der Waals surface area (Å²) in [6, 6.07) is 7.28. The summed E-state index contributed by atoms with van der Waals surface area (Å²) in [5, 5.41) is 0. The highest BCUT2D eigenvalue weighted by Crippen LogP contribution is 2.17. The van der Waals surface area contributed by atoms with Crippen LogP contribution in [0, 0.1) is 0 Å². The van der Waals surface area contributed by atoms with E-state index in [4.69, 9.17) is 0 Å². The van der Waals surface area contributed by atoms with Crippen LogP contribution in [-0.2, 0) is 0 Å². The van der Waals surface area contributed by atoms with Crippen LogP contribution in [0.5, 0.6) is 0 Å². The molecule has 1 aliphatic heterocycles. The van der Waals surface area contributed by atoms with E-state index in [-0.39, 0.29) is 0 Å². The fraction of sp³-hybridized carbons (Fsp3) is 0.706. The van der Waals surface area contributed by atoms with E-state index < -0.39 is 0 Å². The zero-order valence-electron chi connectivity index (χ0n) is 14.0. The van der Waals surface area contributed by atoms with Gasteiger partial charge in [-0.3, -0.25) is 9.88 Å². The molecule has 1 aromatic heterocycles. The zero-order valence-corrected chi connectivity index (χ0v) is 14.0. The third-order valence-corrected chi connectivity index (χ3v) is 4.89. The zero-order chi connectivity index (χ0) is 15.2. The normalized spacial score (nSPS) is 19.3. The maximum atomic E-state index is 4.46. The monoisotopic (exact) mass is 290 g/mol. The molecule has 0 aliphatic carbocycles. The summed E-state index contributed by atoms with van der Waals surface area (Å²) in [6.07, 6.45) is 4.48. The van der Waals surface area contributed by atoms with Crippen molar-refractivity contribution in [2.24, 2.45) is 0 Å². The fourth-order valence-electron chi connectivity index (χ4n) is 2.98. The smallest absolute Gasteiger partial charge is 0.0572 e. The molecule has 0 unspecified atom stereocenters. The van der Waals surface area contributed by atoms with Crippen molar-refractivity contribution in [2.45, 2.75) is 31.8 Å². The summed E-state index contributed by atoms with van der Waals surface area (Å²) in [5.41, 5.74) is 1.15. The highest BCUT2D eigenvalue weighted by molar-refractivity contribution is 5.07. The van der Waals surface area contributed by atoms with Crippen LogP contribution in [0.3, 0.4) is 0 Å². The van der Waals surface area contributed by atoms with Gasteiger partial charge in [-0.2, -0.15) is 0 Å². The molecule has 0 saturated carbocycles. The molecule has 0 aromatic carbocycles. The molecule has 2 heterocycles. The first-order chi connectivity index (χ1) is 10.1. The van der Waals surface area contributed by atoms with Crippen LogP contribution in [0.25, 0.3) is 0 Å². The average molecular weight is 290 g/mol.